The Labute approximate surface area is 184 Å². The highest BCUT2D eigenvalue weighted by Gasteiger charge is 2.24. The van der Waals surface area contributed by atoms with Crippen LogP contribution >= 0.6 is 22.9 Å². The van der Waals surface area contributed by atoms with Crippen molar-refractivity contribution in [2.45, 2.75) is 13.0 Å². The van der Waals surface area contributed by atoms with E-state index in [-0.39, 0.29) is 23.9 Å². The average Bonchev–Trinajstić information content (AvgIpc) is 3.14. The summed E-state index contributed by atoms with van der Waals surface area (Å²) in [6, 6.07) is 8.41. The van der Waals surface area contributed by atoms with E-state index in [2.05, 4.69) is 22.1 Å². The number of benzene rings is 1. The fourth-order valence-corrected chi connectivity index (χ4v) is 3.67. The second-order valence-electron chi connectivity index (χ2n) is 6.43. The fraction of sp³-hybridized carbons (Fsp3) is 0.143. The first-order valence-corrected chi connectivity index (χ1v) is 10.1. The number of rotatable bonds is 6. The number of hydrogen-bond donors (Lipinski definition) is 4. The number of amides is 1. The highest BCUT2D eigenvalue weighted by molar-refractivity contribution is 7.19. The summed E-state index contributed by atoms with van der Waals surface area (Å²) >= 11 is 6.97. The Morgan fingerprint density at radius 3 is 2.48 bits per heavy atom. The van der Waals surface area contributed by atoms with Gasteiger partial charge in [-0.3, -0.25) is 19.2 Å². The molecule has 0 radical (unpaired) electrons. The number of carbonyl (C=O) groups excluding carboxylic acids is 1. The number of aromatic amines is 1. The number of fused-ring (bicyclic) bond motifs is 1. The summed E-state index contributed by atoms with van der Waals surface area (Å²) in [6.07, 6.45) is 0.950. The second-order valence-corrected chi connectivity index (χ2v) is 7.92. The Bertz CT molecular complexity index is 1270. The van der Waals surface area contributed by atoms with Crippen molar-refractivity contribution in [3.63, 3.8) is 0 Å². The number of halogens is 1. The molecule has 3 aromatic rings. The minimum absolute atomic E-state index is 0.0596. The van der Waals surface area contributed by atoms with Gasteiger partial charge in [0.1, 0.15) is 10.4 Å². The Morgan fingerprint density at radius 2 is 1.84 bits per heavy atom. The molecule has 0 aliphatic heterocycles. The fourth-order valence-electron chi connectivity index (χ4n) is 2.65. The molecule has 0 bridgehead atoms. The molecule has 4 N–H and O–H groups in total. The van der Waals surface area contributed by atoms with Gasteiger partial charge in [-0.1, -0.05) is 35.6 Å². The highest BCUT2D eigenvalue weighted by atomic mass is 35.5. The lowest BCUT2D eigenvalue weighted by Crippen LogP contribution is -2.28. The summed E-state index contributed by atoms with van der Waals surface area (Å²) < 4.78 is 0. The van der Waals surface area contributed by atoms with Gasteiger partial charge in [0.15, 0.2) is 5.92 Å². The topological polar surface area (TPSA) is 137 Å². The number of thiophene rings is 1. The monoisotopic (exact) mass is 458 g/mol. The molecular weight excluding hydrogens is 444 g/mol. The minimum atomic E-state index is -1.63. The van der Waals surface area contributed by atoms with Crippen LogP contribution in [0.4, 0.5) is 0 Å². The number of aliphatic carboxylic acids is 2. The zero-order valence-electron chi connectivity index (χ0n) is 15.8. The molecule has 2 aromatic heterocycles. The number of aromatic nitrogens is 1. The van der Waals surface area contributed by atoms with Gasteiger partial charge >= 0.3 is 11.9 Å². The third kappa shape index (κ3) is 5.31. The molecule has 0 unspecified atom stereocenters. The zero-order chi connectivity index (χ0) is 22.5. The lowest BCUT2D eigenvalue weighted by atomic mass is 10.1. The lowest BCUT2D eigenvalue weighted by molar-refractivity contribution is -0.154. The van der Waals surface area contributed by atoms with Crippen LogP contribution in [0.25, 0.3) is 10.2 Å². The number of carboxylic acids is 2. The molecule has 0 spiro atoms. The highest BCUT2D eigenvalue weighted by Crippen LogP contribution is 2.21. The molecule has 0 aliphatic rings. The normalized spacial score (nSPS) is 10.5. The van der Waals surface area contributed by atoms with E-state index in [1.54, 1.807) is 24.3 Å². The van der Waals surface area contributed by atoms with Crippen LogP contribution in [-0.2, 0) is 16.1 Å². The van der Waals surface area contributed by atoms with Crippen molar-refractivity contribution in [3.8, 4) is 11.8 Å². The predicted molar refractivity (Wildman–Crippen MR) is 115 cm³/mol. The first-order chi connectivity index (χ1) is 14.8. The number of pyridine rings is 1. The van der Waals surface area contributed by atoms with Crippen molar-refractivity contribution >= 4 is 51.0 Å². The minimum Gasteiger partial charge on any atom is -0.481 e. The van der Waals surface area contributed by atoms with E-state index in [9.17, 15) is 19.2 Å². The molecule has 8 nitrogen and oxygen atoms in total. The van der Waals surface area contributed by atoms with Crippen molar-refractivity contribution in [3.05, 3.63) is 67.8 Å². The van der Waals surface area contributed by atoms with Crippen LogP contribution in [0.15, 0.2) is 41.3 Å². The standard InChI is InChI=1S/C21H15ClN2O6S/c22-12-6-4-11(5-7-12)9-23-18(26)16-10-24-19-15(17(16)25)8-13(31-19)2-1-3-14(20(27)28)21(29)30/h4-8,10,14H,3,9H2,(H,23,26)(H,24,25)(H,27,28)(H,29,30). The molecule has 158 valence electrons. The van der Waals surface area contributed by atoms with E-state index in [0.717, 1.165) is 16.9 Å². The van der Waals surface area contributed by atoms with E-state index in [1.807, 2.05) is 0 Å². The van der Waals surface area contributed by atoms with Crippen LogP contribution < -0.4 is 10.7 Å². The van der Waals surface area contributed by atoms with E-state index in [1.165, 1.54) is 12.3 Å². The first-order valence-electron chi connectivity index (χ1n) is 8.88. The number of H-pyrrole nitrogens is 1. The van der Waals surface area contributed by atoms with Crippen LogP contribution in [0.3, 0.4) is 0 Å². The maximum Gasteiger partial charge on any atom is 0.318 e. The molecule has 0 saturated heterocycles. The second kappa shape index (κ2) is 9.47. The van der Waals surface area contributed by atoms with Crippen LogP contribution in [0.1, 0.15) is 27.2 Å². The molecule has 10 heteroatoms. The molecule has 2 heterocycles. The van der Waals surface area contributed by atoms with Crippen molar-refractivity contribution in [2.75, 3.05) is 0 Å². The number of carboxylic acid groups (broad SMARTS) is 2. The number of hydrogen-bond acceptors (Lipinski definition) is 5. The SMILES string of the molecule is O=C(NCc1ccc(Cl)cc1)c1c[nH]c2sc(C#CCC(C(=O)O)C(=O)O)cc2c1=O. The molecule has 0 fully saturated rings. The molecule has 1 amide bonds. The van der Waals surface area contributed by atoms with Crippen LogP contribution in [0, 0.1) is 17.8 Å². The van der Waals surface area contributed by atoms with Crippen molar-refractivity contribution < 1.29 is 24.6 Å². The van der Waals surface area contributed by atoms with Gasteiger partial charge in [-0.2, -0.15) is 0 Å². The van der Waals surface area contributed by atoms with Gasteiger partial charge in [0.05, 0.1) is 10.3 Å². The Morgan fingerprint density at radius 1 is 1.16 bits per heavy atom. The van der Waals surface area contributed by atoms with E-state index in [4.69, 9.17) is 21.8 Å². The van der Waals surface area contributed by atoms with Gasteiger partial charge in [-0.25, -0.2) is 0 Å². The Kier molecular flexibility index (Phi) is 6.74. The van der Waals surface area contributed by atoms with Gasteiger partial charge in [-0.05, 0) is 23.8 Å². The summed E-state index contributed by atoms with van der Waals surface area (Å²) in [5.74, 6) is 0.0875. The van der Waals surface area contributed by atoms with Crippen molar-refractivity contribution in [1.82, 2.24) is 10.3 Å². The summed E-state index contributed by atoms with van der Waals surface area (Å²) in [6.45, 7) is 0.224. The van der Waals surface area contributed by atoms with Gasteiger partial charge in [0.25, 0.3) is 5.91 Å². The molecule has 3 rings (SSSR count). The van der Waals surface area contributed by atoms with Gasteiger partial charge in [-0.15, -0.1) is 11.3 Å². The van der Waals surface area contributed by atoms with Crippen LogP contribution in [0.5, 0.6) is 0 Å². The third-order valence-corrected chi connectivity index (χ3v) is 5.53. The third-order valence-electron chi connectivity index (χ3n) is 4.29. The van der Waals surface area contributed by atoms with Gasteiger partial charge in [0.2, 0.25) is 5.43 Å². The maximum atomic E-state index is 12.7. The molecular formula is C21H15ClN2O6S. The molecule has 1 aromatic carbocycles. The van der Waals surface area contributed by atoms with Crippen LogP contribution in [0.2, 0.25) is 5.02 Å². The molecule has 0 aliphatic carbocycles. The largest absolute Gasteiger partial charge is 0.481 e. The predicted octanol–water partition coefficient (Wildman–Crippen LogP) is 2.70. The van der Waals surface area contributed by atoms with E-state index >= 15 is 0 Å². The maximum absolute atomic E-state index is 12.7. The first kappa shape index (κ1) is 22.1. The Hall–Kier alpha value is -3.61. The van der Waals surface area contributed by atoms with E-state index < -0.39 is 29.2 Å². The summed E-state index contributed by atoms with van der Waals surface area (Å²) in [4.78, 5) is 50.8. The van der Waals surface area contributed by atoms with E-state index in [0.29, 0.717) is 14.7 Å². The van der Waals surface area contributed by atoms with Crippen molar-refractivity contribution in [2.24, 2.45) is 5.92 Å². The van der Waals surface area contributed by atoms with Crippen molar-refractivity contribution in [1.29, 1.82) is 0 Å². The lowest BCUT2D eigenvalue weighted by Gasteiger charge is -2.05. The Balaban J connectivity index is 1.77. The van der Waals surface area contributed by atoms with Gasteiger partial charge < -0.3 is 20.5 Å². The number of nitrogens with one attached hydrogen (secondary N) is 2. The smallest absolute Gasteiger partial charge is 0.318 e. The summed E-state index contributed by atoms with van der Waals surface area (Å²) in [5, 5.41) is 21.3. The molecule has 31 heavy (non-hydrogen) atoms. The van der Waals surface area contributed by atoms with Gasteiger partial charge in [0, 0.05) is 24.2 Å². The number of carbonyl (C=O) groups is 3. The van der Waals surface area contributed by atoms with Crippen LogP contribution in [-0.4, -0.2) is 33.0 Å². The molecule has 0 atom stereocenters. The summed E-state index contributed by atoms with van der Waals surface area (Å²) in [7, 11) is 0. The average molecular weight is 459 g/mol. The zero-order valence-corrected chi connectivity index (χ0v) is 17.3. The summed E-state index contributed by atoms with van der Waals surface area (Å²) in [5.41, 5.74) is 0.292. The molecule has 0 saturated carbocycles. The quantitative estimate of drug-likeness (QED) is 0.331.